The third kappa shape index (κ3) is 25.8. The predicted octanol–water partition coefficient (Wildman–Crippen LogP) is 16.5. The molecule has 3 aliphatic rings. The van der Waals surface area contributed by atoms with Crippen molar-refractivity contribution in [2.45, 2.75) is 12.8 Å². The zero-order valence-electron chi connectivity index (χ0n) is 54.7. The van der Waals surface area contributed by atoms with Crippen molar-refractivity contribution < 1.29 is 24.0 Å². The number of aromatic nitrogens is 5. The number of fused-ring (bicyclic) bond motifs is 3. The van der Waals surface area contributed by atoms with E-state index in [9.17, 15) is 24.0 Å². The maximum Gasteiger partial charge on any atom is 0.235 e. The second-order valence-electron chi connectivity index (χ2n) is 21.3. The van der Waals surface area contributed by atoms with E-state index in [-0.39, 0.29) is 39.8 Å². The van der Waals surface area contributed by atoms with Gasteiger partial charge in [-0.1, -0.05) is 179 Å². The minimum absolute atomic E-state index is 0.0162. The quantitative estimate of drug-likeness (QED) is 0.0178. The summed E-state index contributed by atoms with van der Waals surface area (Å²) in [6.45, 7) is 1.59. The molecule has 0 saturated carbocycles. The molecule has 524 valence electrons. The lowest BCUT2D eigenvalue weighted by atomic mass is 9.98. The Morgan fingerprint density at radius 2 is 0.952 bits per heavy atom. The zero-order valence-corrected chi connectivity index (χ0v) is 68.2. The third-order valence-electron chi connectivity index (χ3n) is 14.0. The molecule has 0 bridgehead atoms. The van der Waals surface area contributed by atoms with Crippen LogP contribution in [0.25, 0.3) is 0 Å². The standard InChI is InChI=1S/C17H13BrN4.C15H11BrN2O.C15H11BrN2S.C14H10Br2N2O2.C12H9BrN2O.C2H2Br2O.C2H3N/c1-2-8-20-16-11-21-17(15-5-3-4-9-19-15)13-10-12(18)6-7-14(13)22-16;2*16-11-5-4-10-7-12(19)9-18-15(13(10)8-11)14-3-1-2-6-17-14;15-8-13(19)18-11-5-4-9(16)7-10(11)14(20)12-3-1-2-6-17-12;13-8-4-5-10(14)9(7-8)12(16)11-3-1-2-6-15-11;3-1-2(4)5;1-2-3/h1,3-7,9-10H,8,11H2,(H,20,22);2*1-6,8H,7,9H2;1-7H,8H2,(H,18,19);1-7H,14H2;1H2;1H,3H2. The van der Waals surface area contributed by atoms with Crippen LogP contribution in [-0.2, 0) is 27.2 Å². The molecule has 3 aliphatic heterocycles. The molecule has 104 heavy (non-hydrogen) atoms. The number of Topliss-reactive ketones (excluding diaryl/α,β-unsaturated/α-hetero) is 1. The number of benzene rings is 5. The van der Waals surface area contributed by atoms with Crippen LogP contribution in [0, 0.1) is 24.8 Å². The normalized spacial score (nSPS) is 12.5. The fraction of sp³-hybridized carbons (Fsp3) is 0.104. The van der Waals surface area contributed by atoms with Gasteiger partial charge in [-0.3, -0.25) is 68.9 Å². The Labute approximate surface area is 674 Å². The Morgan fingerprint density at radius 3 is 1.43 bits per heavy atom. The number of ketones is 3. The summed E-state index contributed by atoms with van der Waals surface area (Å²) in [7, 11) is 0. The summed E-state index contributed by atoms with van der Waals surface area (Å²) in [5.41, 5.74) is 24.0. The van der Waals surface area contributed by atoms with Gasteiger partial charge in [0.15, 0.2) is 5.78 Å². The SMILES string of the molecule is C#CCN=C1CN=C(c2ccccn2)c2cc(Br)ccc2N1.C#CN.Nc1ccc(Br)cc1C(=O)c1ccccn1.O=C(Br)CBr.O=C(CBr)Nc1ccc(Br)cc1C(=O)c1ccccn1.O=C1CN=C(c2ccccn2)c2cc(Br)ccc2C1.S=C1CN=C(c2ccccn2)c2cc(Br)ccc2C1. The van der Waals surface area contributed by atoms with Gasteiger partial charge in [0, 0.05) is 110 Å². The minimum atomic E-state index is -0.239. The number of thiocarbonyl (C=S) groups is 1. The summed E-state index contributed by atoms with van der Waals surface area (Å²) >= 11 is 31.2. The molecule has 0 spiro atoms. The summed E-state index contributed by atoms with van der Waals surface area (Å²) in [6, 6.07) is 57.9. The highest BCUT2D eigenvalue weighted by Gasteiger charge is 2.23. The van der Waals surface area contributed by atoms with Gasteiger partial charge in [-0.25, -0.2) is 0 Å². The number of alkyl halides is 2. The number of nitrogens with one attached hydrogen (secondary N) is 2. The van der Waals surface area contributed by atoms with Crippen LogP contribution in [-0.4, -0.2) is 118 Å². The van der Waals surface area contributed by atoms with E-state index in [2.05, 4.69) is 213 Å². The number of carbonyl (C=O) groups excluding carboxylic acids is 5. The van der Waals surface area contributed by atoms with Crippen LogP contribution >= 0.6 is 140 Å². The smallest absolute Gasteiger partial charge is 0.235 e. The zero-order chi connectivity index (χ0) is 74.9. The predicted molar refractivity (Wildman–Crippen MR) is 448 cm³/mol. The molecular weight excluding hydrogens is 1860 g/mol. The molecule has 18 nitrogen and oxygen atoms in total. The number of amides is 1. The van der Waals surface area contributed by atoms with E-state index < -0.39 is 0 Å². The molecule has 0 saturated heterocycles. The van der Waals surface area contributed by atoms with E-state index >= 15 is 0 Å². The fourth-order valence-electron chi connectivity index (χ4n) is 9.53. The summed E-state index contributed by atoms with van der Waals surface area (Å²) in [5, 5.41) is 6.56. The van der Waals surface area contributed by atoms with Crippen LogP contribution in [0.3, 0.4) is 0 Å². The van der Waals surface area contributed by atoms with Gasteiger partial charge in [-0.2, -0.15) is 0 Å². The number of nitrogen functional groups attached to an aromatic ring is 1. The highest BCUT2D eigenvalue weighted by atomic mass is 79.9. The summed E-state index contributed by atoms with van der Waals surface area (Å²) in [6.07, 6.45) is 19.3. The number of hydrogen-bond donors (Lipinski definition) is 4. The van der Waals surface area contributed by atoms with Crippen molar-refractivity contribution in [1.29, 1.82) is 0 Å². The van der Waals surface area contributed by atoms with Crippen molar-refractivity contribution >= 4 is 213 Å². The molecule has 0 unspecified atom stereocenters. The molecule has 13 rings (SSSR count). The van der Waals surface area contributed by atoms with Crippen molar-refractivity contribution in [2.24, 2.45) is 25.7 Å². The van der Waals surface area contributed by atoms with Crippen molar-refractivity contribution in [3.05, 3.63) is 303 Å². The molecule has 0 radical (unpaired) electrons. The molecule has 6 N–H and O–H groups in total. The van der Waals surface area contributed by atoms with Gasteiger partial charge in [0.25, 0.3) is 0 Å². The molecular formula is C77H59Br8N13O5S. The molecule has 0 aliphatic carbocycles. The van der Waals surface area contributed by atoms with Crippen LogP contribution in [0.2, 0.25) is 0 Å². The number of pyridine rings is 5. The first-order chi connectivity index (χ1) is 50.2. The van der Waals surface area contributed by atoms with Gasteiger partial charge < -0.3 is 22.1 Å². The highest BCUT2D eigenvalue weighted by Crippen LogP contribution is 2.29. The second-order valence-corrected chi connectivity index (χ2v) is 28.5. The Hall–Kier alpha value is -8.87. The largest absolute Gasteiger partial charge is 0.398 e. The maximum absolute atomic E-state index is 12.4. The average molecular weight is 1920 g/mol. The number of nitrogens with two attached hydrogens (primary N) is 2. The number of carbonyl (C=O) groups is 5. The summed E-state index contributed by atoms with van der Waals surface area (Å²) in [4.78, 5) is 97.7. The van der Waals surface area contributed by atoms with Gasteiger partial charge in [-0.05, 0) is 173 Å². The molecule has 8 heterocycles. The number of nitrogens with zero attached hydrogens (tertiary/aromatic N) is 9. The molecule has 10 aromatic rings. The molecule has 5 aromatic carbocycles. The first kappa shape index (κ1) is 82.4. The van der Waals surface area contributed by atoms with Crippen LogP contribution in [0.15, 0.2) is 255 Å². The van der Waals surface area contributed by atoms with E-state index in [4.69, 9.17) is 24.4 Å². The molecule has 0 atom stereocenters. The number of benzodiazepines with no additional fused rings is 1. The fourth-order valence-corrected chi connectivity index (χ4v) is 11.7. The molecule has 1 amide bonds. The van der Waals surface area contributed by atoms with Gasteiger partial charge in [-0.15, -0.1) is 6.42 Å². The lowest BCUT2D eigenvalue weighted by molar-refractivity contribution is -0.117. The first-order valence-corrected chi connectivity index (χ1v) is 38.2. The molecule has 27 heteroatoms. The molecule has 0 fully saturated rings. The lowest BCUT2D eigenvalue weighted by Crippen LogP contribution is -2.16. The van der Waals surface area contributed by atoms with E-state index in [0.717, 1.165) is 102 Å². The van der Waals surface area contributed by atoms with Crippen molar-refractivity contribution in [3.63, 3.8) is 0 Å². The summed E-state index contributed by atoms with van der Waals surface area (Å²) < 4.78 is 4.57. The Balaban J connectivity index is 0.000000177. The number of amidine groups is 1. The lowest BCUT2D eigenvalue weighted by Gasteiger charge is -2.10. The van der Waals surface area contributed by atoms with Crippen LogP contribution in [0.4, 0.5) is 17.1 Å². The number of hydrogen-bond acceptors (Lipinski definition) is 17. The first-order valence-electron chi connectivity index (χ1n) is 30.8. The topological polar surface area (TPSA) is 275 Å². The second kappa shape index (κ2) is 43.4. The number of aliphatic imine (C=N–C) groups is 4. The molecule has 5 aromatic heterocycles. The van der Waals surface area contributed by atoms with Crippen LogP contribution in [0.1, 0.15) is 77.0 Å². The number of terminal acetylenes is 2. The highest BCUT2D eigenvalue weighted by molar-refractivity contribution is 9.19. The van der Waals surface area contributed by atoms with E-state index in [1.165, 1.54) is 5.56 Å². The van der Waals surface area contributed by atoms with E-state index in [1.807, 2.05) is 97.1 Å². The third-order valence-corrected chi connectivity index (χ3v) is 18.8. The number of halogens is 8. The van der Waals surface area contributed by atoms with Crippen LogP contribution < -0.4 is 22.1 Å². The average Bonchev–Trinajstić information content (AvgIpc) is 1.50. The van der Waals surface area contributed by atoms with Gasteiger partial charge in [0.2, 0.25) is 22.2 Å². The Kier molecular flexibility index (Phi) is 34.4. The van der Waals surface area contributed by atoms with E-state index in [1.54, 1.807) is 110 Å². The minimum Gasteiger partial charge on any atom is -0.398 e. The van der Waals surface area contributed by atoms with Crippen molar-refractivity contribution in [1.82, 2.24) is 24.9 Å². The van der Waals surface area contributed by atoms with Gasteiger partial charge in [0.05, 0.1) is 70.2 Å². The van der Waals surface area contributed by atoms with Crippen molar-refractivity contribution in [3.8, 4) is 24.8 Å². The monoisotopic (exact) mass is 1910 g/mol. The van der Waals surface area contributed by atoms with Gasteiger partial charge in [0.1, 0.15) is 23.8 Å². The number of rotatable bonds is 11. The van der Waals surface area contributed by atoms with Crippen LogP contribution in [0.5, 0.6) is 0 Å². The van der Waals surface area contributed by atoms with Gasteiger partial charge >= 0.3 is 0 Å². The van der Waals surface area contributed by atoms with Crippen molar-refractivity contribution in [2.75, 3.05) is 53.2 Å². The maximum atomic E-state index is 12.4. The van der Waals surface area contributed by atoms with E-state index in [0.29, 0.717) is 65.3 Å². The Bertz CT molecular complexity index is 4790. The number of anilines is 3. The summed E-state index contributed by atoms with van der Waals surface area (Å²) in [5.74, 6) is 2.78. The Morgan fingerprint density at radius 1 is 0.529 bits per heavy atom.